The molecule has 1 aromatic rings. The molecule has 0 aliphatic heterocycles. The summed E-state index contributed by atoms with van der Waals surface area (Å²) >= 11 is 0. The Balaban J connectivity index is 0.00000121. The van der Waals surface area contributed by atoms with Crippen molar-refractivity contribution in [2.24, 2.45) is 0 Å². The smallest absolute Gasteiger partial charge is 0.226 e. The Kier molecular flexibility index (Phi) is 8.65. The van der Waals surface area contributed by atoms with Crippen LogP contribution in [0, 0.1) is 0 Å². The van der Waals surface area contributed by atoms with Gasteiger partial charge in [0.1, 0.15) is 0 Å². The van der Waals surface area contributed by atoms with Gasteiger partial charge in [-0.25, -0.2) is 0 Å². The molecule has 0 bridgehead atoms. The van der Waals surface area contributed by atoms with Crippen LogP contribution in [0.1, 0.15) is 45.1 Å². The summed E-state index contributed by atoms with van der Waals surface area (Å²) < 4.78 is 0. The quantitative estimate of drug-likeness (QED) is 0.798. The second kappa shape index (κ2) is 9.58. The Bertz CT molecular complexity index is 322. The van der Waals surface area contributed by atoms with E-state index in [4.69, 9.17) is 0 Å². The van der Waals surface area contributed by atoms with E-state index in [0.717, 1.165) is 6.42 Å². The normalized spacial score (nSPS) is 10.8. The molecule has 1 atom stereocenters. The number of benzene rings is 1. The van der Waals surface area contributed by atoms with E-state index in [2.05, 4.69) is 12.2 Å². The SMILES string of the molecule is CC.CC(CCC(=O)NC=O)c1ccccc1. The van der Waals surface area contributed by atoms with E-state index in [0.29, 0.717) is 18.7 Å². The number of carbonyl (C=O) groups is 2. The maximum Gasteiger partial charge on any atom is 0.226 e. The Labute approximate surface area is 103 Å². The first-order chi connectivity index (χ1) is 8.24. The lowest BCUT2D eigenvalue weighted by Gasteiger charge is -2.10. The largest absolute Gasteiger partial charge is 0.299 e. The molecular formula is C14H21NO2. The molecule has 17 heavy (non-hydrogen) atoms. The van der Waals surface area contributed by atoms with Crippen LogP contribution in [0.15, 0.2) is 30.3 Å². The molecular weight excluding hydrogens is 214 g/mol. The molecule has 0 saturated heterocycles. The predicted octanol–water partition coefficient (Wildman–Crippen LogP) is 2.87. The number of amides is 2. The highest BCUT2D eigenvalue weighted by Gasteiger charge is 2.07. The van der Waals surface area contributed by atoms with Gasteiger partial charge in [-0.15, -0.1) is 0 Å². The first-order valence-electron chi connectivity index (χ1n) is 6.02. The van der Waals surface area contributed by atoms with E-state index in [1.54, 1.807) is 0 Å². The highest BCUT2D eigenvalue weighted by atomic mass is 16.2. The van der Waals surface area contributed by atoms with E-state index in [1.165, 1.54) is 5.56 Å². The van der Waals surface area contributed by atoms with E-state index < -0.39 is 0 Å². The van der Waals surface area contributed by atoms with Crippen LogP contribution in [0.4, 0.5) is 0 Å². The van der Waals surface area contributed by atoms with Gasteiger partial charge in [-0.2, -0.15) is 0 Å². The van der Waals surface area contributed by atoms with Crippen molar-refractivity contribution in [3.8, 4) is 0 Å². The number of rotatable bonds is 5. The van der Waals surface area contributed by atoms with E-state index in [-0.39, 0.29) is 5.91 Å². The molecule has 0 aliphatic rings. The van der Waals surface area contributed by atoms with Gasteiger partial charge >= 0.3 is 0 Å². The lowest BCUT2D eigenvalue weighted by atomic mass is 9.96. The third kappa shape index (κ3) is 6.51. The van der Waals surface area contributed by atoms with Crippen molar-refractivity contribution in [3.63, 3.8) is 0 Å². The number of hydrogen-bond acceptors (Lipinski definition) is 2. The average molecular weight is 235 g/mol. The molecule has 3 nitrogen and oxygen atoms in total. The fraction of sp³-hybridized carbons (Fsp3) is 0.429. The summed E-state index contributed by atoms with van der Waals surface area (Å²) in [6.07, 6.45) is 1.56. The predicted molar refractivity (Wildman–Crippen MR) is 69.6 cm³/mol. The van der Waals surface area contributed by atoms with Gasteiger partial charge in [0.25, 0.3) is 0 Å². The third-order valence-electron chi connectivity index (χ3n) is 2.39. The van der Waals surface area contributed by atoms with Gasteiger partial charge in [0.05, 0.1) is 0 Å². The topological polar surface area (TPSA) is 46.2 Å². The van der Waals surface area contributed by atoms with Gasteiger partial charge in [0.15, 0.2) is 0 Å². The minimum Gasteiger partial charge on any atom is -0.299 e. The van der Waals surface area contributed by atoms with Crippen LogP contribution < -0.4 is 5.32 Å². The van der Waals surface area contributed by atoms with Crippen molar-refractivity contribution in [2.45, 2.75) is 39.5 Å². The molecule has 3 heteroatoms. The van der Waals surface area contributed by atoms with E-state index in [9.17, 15) is 9.59 Å². The summed E-state index contributed by atoms with van der Waals surface area (Å²) in [6, 6.07) is 10.0. The monoisotopic (exact) mass is 235 g/mol. The van der Waals surface area contributed by atoms with Crippen molar-refractivity contribution >= 4 is 12.3 Å². The highest BCUT2D eigenvalue weighted by molar-refractivity contribution is 5.85. The summed E-state index contributed by atoms with van der Waals surface area (Å²) in [5.41, 5.74) is 1.22. The number of hydrogen-bond donors (Lipinski definition) is 1. The molecule has 1 N–H and O–H groups in total. The number of nitrogens with one attached hydrogen (secondary N) is 1. The fourth-order valence-electron chi connectivity index (χ4n) is 1.43. The molecule has 0 radical (unpaired) electrons. The Morgan fingerprint density at radius 1 is 1.29 bits per heavy atom. The van der Waals surface area contributed by atoms with Crippen LogP contribution in [0.2, 0.25) is 0 Å². The Morgan fingerprint density at radius 2 is 1.88 bits per heavy atom. The lowest BCUT2D eigenvalue weighted by molar-refractivity contribution is -0.125. The minimum absolute atomic E-state index is 0.215. The van der Waals surface area contributed by atoms with Gasteiger partial charge in [0, 0.05) is 6.42 Å². The minimum atomic E-state index is -0.215. The molecule has 0 aromatic heterocycles. The van der Waals surface area contributed by atoms with Crippen LogP contribution in [-0.4, -0.2) is 12.3 Å². The number of carbonyl (C=O) groups excluding carboxylic acids is 2. The number of imide groups is 1. The van der Waals surface area contributed by atoms with Crippen LogP contribution in [-0.2, 0) is 9.59 Å². The second-order valence-electron chi connectivity index (χ2n) is 3.54. The van der Waals surface area contributed by atoms with Crippen molar-refractivity contribution in [1.29, 1.82) is 0 Å². The first kappa shape index (κ1) is 15.4. The summed E-state index contributed by atoms with van der Waals surface area (Å²) in [7, 11) is 0. The fourth-order valence-corrected chi connectivity index (χ4v) is 1.43. The standard InChI is InChI=1S/C12H15NO2.C2H6/c1-10(7-8-12(15)13-9-14)11-5-3-2-4-6-11;1-2/h2-6,9-10H,7-8H2,1H3,(H,13,14,15);1-2H3. The van der Waals surface area contributed by atoms with Gasteiger partial charge in [0.2, 0.25) is 12.3 Å². The summed E-state index contributed by atoms with van der Waals surface area (Å²) in [6.45, 7) is 6.07. The Hall–Kier alpha value is -1.64. The van der Waals surface area contributed by atoms with E-state index in [1.807, 2.05) is 44.2 Å². The van der Waals surface area contributed by atoms with Gasteiger partial charge < -0.3 is 0 Å². The zero-order valence-electron chi connectivity index (χ0n) is 10.8. The van der Waals surface area contributed by atoms with Gasteiger partial charge in [-0.1, -0.05) is 51.1 Å². The van der Waals surface area contributed by atoms with E-state index >= 15 is 0 Å². The summed E-state index contributed by atoms with van der Waals surface area (Å²) in [5.74, 6) is 0.122. The van der Waals surface area contributed by atoms with Crippen molar-refractivity contribution < 1.29 is 9.59 Å². The average Bonchev–Trinajstić information content (AvgIpc) is 2.40. The van der Waals surface area contributed by atoms with Crippen LogP contribution in [0.25, 0.3) is 0 Å². The molecule has 1 unspecified atom stereocenters. The van der Waals surface area contributed by atoms with Crippen molar-refractivity contribution in [3.05, 3.63) is 35.9 Å². The van der Waals surface area contributed by atoms with Gasteiger partial charge in [-0.05, 0) is 17.9 Å². The molecule has 0 heterocycles. The molecule has 94 valence electrons. The maximum atomic E-state index is 11.0. The molecule has 0 aliphatic carbocycles. The molecule has 0 spiro atoms. The van der Waals surface area contributed by atoms with Crippen LogP contribution in [0.5, 0.6) is 0 Å². The molecule has 0 fully saturated rings. The van der Waals surface area contributed by atoms with Crippen LogP contribution >= 0.6 is 0 Å². The maximum absolute atomic E-state index is 11.0. The molecule has 1 rings (SSSR count). The zero-order chi connectivity index (χ0) is 13.1. The summed E-state index contributed by atoms with van der Waals surface area (Å²) in [5, 5.41) is 2.13. The highest BCUT2D eigenvalue weighted by Crippen LogP contribution is 2.19. The summed E-state index contributed by atoms with van der Waals surface area (Å²) in [4.78, 5) is 21.0. The van der Waals surface area contributed by atoms with Crippen LogP contribution in [0.3, 0.4) is 0 Å². The lowest BCUT2D eigenvalue weighted by Crippen LogP contribution is -2.21. The zero-order valence-corrected chi connectivity index (χ0v) is 10.8. The molecule has 1 aromatic carbocycles. The second-order valence-corrected chi connectivity index (χ2v) is 3.54. The molecule has 2 amide bonds. The van der Waals surface area contributed by atoms with Crippen molar-refractivity contribution in [1.82, 2.24) is 5.32 Å². The first-order valence-corrected chi connectivity index (χ1v) is 6.02. The molecule has 0 saturated carbocycles. The Morgan fingerprint density at radius 3 is 2.41 bits per heavy atom. The van der Waals surface area contributed by atoms with Gasteiger partial charge in [-0.3, -0.25) is 14.9 Å². The third-order valence-corrected chi connectivity index (χ3v) is 2.39. The van der Waals surface area contributed by atoms with Crippen molar-refractivity contribution in [2.75, 3.05) is 0 Å².